The first-order valence-electron chi connectivity index (χ1n) is 5.54. The van der Waals surface area contributed by atoms with Gasteiger partial charge in [-0.1, -0.05) is 13.0 Å². The Morgan fingerprint density at radius 1 is 1.47 bits per heavy atom. The fourth-order valence-electron chi connectivity index (χ4n) is 1.46. The molecule has 0 atom stereocenters. The molecular formula is C12H18N2O3. The SMILES string of the molecule is CCC(CO)(CO)NC(=O)c1ncccc1C. The zero-order valence-corrected chi connectivity index (χ0v) is 10.1. The van der Waals surface area contributed by atoms with Crippen LogP contribution >= 0.6 is 0 Å². The van der Waals surface area contributed by atoms with Gasteiger partial charge < -0.3 is 15.5 Å². The number of nitrogens with zero attached hydrogens (tertiary/aromatic N) is 1. The van der Waals surface area contributed by atoms with Gasteiger partial charge >= 0.3 is 0 Å². The third-order valence-corrected chi connectivity index (χ3v) is 2.89. The number of amides is 1. The summed E-state index contributed by atoms with van der Waals surface area (Å²) in [6.45, 7) is 2.96. The van der Waals surface area contributed by atoms with Crippen molar-refractivity contribution in [2.24, 2.45) is 0 Å². The van der Waals surface area contributed by atoms with Gasteiger partial charge in [0.1, 0.15) is 5.69 Å². The number of nitrogens with one attached hydrogen (secondary N) is 1. The topological polar surface area (TPSA) is 82.5 Å². The lowest BCUT2D eigenvalue weighted by molar-refractivity contribution is 0.0648. The lowest BCUT2D eigenvalue weighted by Crippen LogP contribution is -2.54. The van der Waals surface area contributed by atoms with E-state index in [4.69, 9.17) is 0 Å². The molecule has 17 heavy (non-hydrogen) atoms. The van der Waals surface area contributed by atoms with E-state index in [1.807, 2.05) is 0 Å². The molecule has 94 valence electrons. The van der Waals surface area contributed by atoms with Crippen molar-refractivity contribution in [3.05, 3.63) is 29.6 Å². The van der Waals surface area contributed by atoms with Gasteiger partial charge in [-0.2, -0.15) is 0 Å². The summed E-state index contributed by atoms with van der Waals surface area (Å²) in [5.41, 5.74) is 0.0826. The van der Waals surface area contributed by atoms with Crippen LogP contribution in [0, 0.1) is 6.92 Å². The molecule has 1 aromatic heterocycles. The fourth-order valence-corrected chi connectivity index (χ4v) is 1.46. The summed E-state index contributed by atoms with van der Waals surface area (Å²) in [6.07, 6.45) is 1.98. The fraction of sp³-hybridized carbons (Fsp3) is 0.500. The lowest BCUT2D eigenvalue weighted by atomic mass is 9.98. The second kappa shape index (κ2) is 5.75. The zero-order valence-electron chi connectivity index (χ0n) is 10.1. The number of rotatable bonds is 5. The first-order valence-corrected chi connectivity index (χ1v) is 5.54. The molecule has 0 aliphatic carbocycles. The molecule has 0 saturated heterocycles. The van der Waals surface area contributed by atoms with E-state index in [0.29, 0.717) is 12.1 Å². The van der Waals surface area contributed by atoms with E-state index in [1.54, 1.807) is 26.0 Å². The third kappa shape index (κ3) is 3.01. The van der Waals surface area contributed by atoms with E-state index >= 15 is 0 Å². The van der Waals surface area contributed by atoms with E-state index in [9.17, 15) is 15.0 Å². The average molecular weight is 238 g/mol. The van der Waals surface area contributed by atoms with Crippen molar-refractivity contribution < 1.29 is 15.0 Å². The van der Waals surface area contributed by atoms with Crippen LogP contribution in [0.15, 0.2) is 18.3 Å². The van der Waals surface area contributed by atoms with E-state index < -0.39 is 5.54 Å². The van der Waals surface area contributed by atoms with Crippen LogP contribution in [0.25, 0.3) is 0 Å². The van der Waals surface area contributed by atoms with E-state index in [-0.39, 0.29) is 19.1 Å². The van der Waals surface area contributed by atoms with Gasteiger partial charge in [0, 0.05) is 6.20 Å². The summed E-state index contributed by atoms with van der Waals surface area (Å²) in [6, 6.07) is 3.53. The van der Waals surface area contributed by atoms with Crippen LogP contribution in [0.4, 0.5) is 0 Å². The minimum absolute atomic E-state index is 0.308. The van der Waals surface area contributed by atoms with Gasteiger partial charge in [-0.15, -0.1) is 0 Å². The molecule has 3 N–H and O–H groups in total. The highest BCUT2D eigenvalue weighted by molar-refractivity contribution is 5.94. The van der Waals surface area contributed by atoms with Gasteiger partial charge in [-0.25, -0.2) is 0 Å². The number of carbonyl (C=O) groups excluding carboxylic acids is 1. The molecular weight excluding hydrogens is 220 g/mol. The number of hydrogen-bond acceptors (Lipinski definition) is 4. The first-order chi connectivity index (χ1) is 8.08. The van der Waals surface area contributed by atoms with Gasteiger partial charge in [0.15, 0.2) is 0 Å². The van der Waals surface area contributed by atoms with Gasteiger partial charge in [0.2, 0.25) is 0 Å². The average Bonchev–Trinajstić information content (AvgIpc) is 2.36. The standard InChI is InChI=1S/C12H18N2O3/c1-3-12(7-15,8-16)14-11(17)10-9(2)5-4-6-13-10/h4-6,15-16H,3,7-8H2,1-2H3,(H,14,17). The Labute approximate surface area is 101 Å². The minimum atomic E-state index is -0.985. The molecule has 5 nitrogen and oxygen atoms in total. The number of aliphatic hydroxyl groups is 2. The molecule has 1 heterocycles. The molecule has 1 amide bonds. The molecule has 5 heteroatoms. The van der Waals surface area contributed by atoms with Crippen molar-refractivity contribution in [3.63, 3.8) is 0 Å². The highest BCUT2D eigenvalue weighted by Crippen LogP contribution is 2.11. The Hall–Kier alpha value is -1.46. The summed E-state index contributed by atoms with van der Waals surface area (Å²) < 4.78 is 0. The van der Waals surface area contributed by atoms with Crippen LogP contribution in [0.1, 0.15) is 29.4 Å². The normalized spacial score (nSPS) is 11.3. The van der Waals surface area contributed by atoms with Crippen molar-refractivity contribution in [1.82, 2.24) is 10.3 Å². The lowest BCUT2D eigenvalue weighted by Gasteiger charge is -2.29. The van der Waals surface area contributed by atoms with Crippen LogP contribution in [-0.2, 0) is 0 Å². The van der Waals surface area contributed by atoms with E-state index in [1.165, 1.54) is 6.20 Å². The predicted octanol–water partition coefficient (Wildman–Crippen LogP) is 0.253. The summed E-state index contributed by atoms with van der Waals surface area (Å²) in [4.78, 5) is 16.0. The highest BCUT2D eigenvalue weighted by atomic mass is 16.3. The van der Waals surface area contributed by atoms with Crippen LogP contribution in [0.3, 0.4) is 0 Å². The van der Waals surface area contributed by atoms with Crippen molar-refractivity contribution in [2.75, 3.05) is 13.2 Å². The molecule has 1 rings (SSSR count). The smallest absolute Gasteiger partial charge is 0.270 e. The summed E-state index contributed by atoms with van der Waals surface area (Å²) in [5.74, 6) is -0.381. The Bertz CT molecular complexity index is 381. The van der Waals surface area contributed by atoms with Gasteiger partial charge in [0.25, 0.3) is 5.91 Å². The minimum Gasteiger partial charge on any atom is -0.394 e. The Balaban J connectivity index is 2.89. The van der Waals surface area contributed by atoms with Gasteiger partial charge in [-0.3, -0.25) is 9.78 Å². The van der Waals surface area contributed by atoms with Crippen molar-refractivity contribution in [3.8, 4) is 0 Å². The second-order valence-corrected chi connectivity index (χ2v) is 4.07. The quantitative estimate of drug-likeness (QED) is 0.687. The number of aliphatic hydroxyl groups excluding tert-OH is 2. The number of aryl methyl sites for hydroxylation is 1. The van der Waals surface area contributed by atoms with E-state index in [0.717, 1.165) is 5.56 Å². The van der Waals surface area contributed by atoms with Crippen LogP contribution in [0.5, 0.6) is 0 Å². The number of pyridine rings is 1. The highest BCUT2D eigenvalue weighted by Gasteiger charge is 2.29. The first kappa shape index (κ1) is 13.6. The maximum Gasteiger partial charge on any atom is 0.270 e. The van der Waals surface area contributed by atoms with Crippen molar-refractivity contribution >= 4 is 5.91 Å². The Kier molecular flexibility index (Phi) is 4.60. The molecule has 0 bridgehead atoms. The third-order valence-electron chi connectivity index (χ3n) is 2.89. The zero-order chi connectivity index (χ0) is 12.9. The van der Waals surface area contributed by atoms with Crippen molar-refractivity contribution in [2.45, 2.75) is 25.8 Å². The maximum atomic E-state index is 12.0. The number of carbonyl (C=O) groups is 1. The molecule has 0 aliphatic heterocycles. The molecule has 0 unspecified atom stereocenters. The molecule has 0 saturated carbocycles. The van der Waals surface area contributed by atoms with Crippen LogP contribution in [0.2, 0.25) is 0 Å². The maximum absolute atomic E-state index is 12.0. The monoisotopic (exact) mass is 238 g/mol. The molecule has 0 fully saturated rings. The molecule has 0 aromatic carbocycles. The number of hydrogen-bond donors (Lipinski definition) is 3. The van der Waals surface area contributed by atoms with E-state index in [2.05, 4.69) is 10.3 Å². The van der Waals surface area contributed by atoms with Crippen molar-refractivity contribution in [1.29, 1.82) is 0 Å². The second-order valence-electron chi connectivity index (χ2n) is 4.07. The molecule has 0 radical (unpaired) electrons. The van der Waals surface area contributed by atoms with Crippen LogP contribution in [-0.4, -0.2) is 39.9 Å². The van der Waals surface area contributed by atoms with Crippen LogP contribution < -0.4 is 5.32 Å². The Morgan fingerprint density at radius 2 is 2.12 bits per heavy atom. The Morgan fingerprint density at radius 3 is 2.59 bits per heavy atom. The summed E-state index contributed by atoms with van der Waals surface area (Å²) >= 11 is 0. The number of aromatic nitrogens is 1. The molecule has 0 aliphatic rings. The summed E-state index contributed by atoms with van der Waals surface area (Å²) in [7, 11) is 0. The summed E-state index contributed by atoms with van der Waals surface area (Å²) in [5, 5.41) is 21.1. The van der Waals surface area contributed by atoms with Gasteiger partial charge in [-0.05, 0) is 25.0 Å². The largest absolute Gasteiger partial charge is 0.394 e. The van der Waals surface area contributed by atoms with Gasteiger partial charge in [0.05, 0.1) is 18.8 Å². The predicted molar refractivity (Wildman–Crippen MR) is 63.6 cm³/mol. The molecule has 0 spiro atoms. The molecule has 1 aromatic rings.